The maximum Gasteiger partial charge on any atom is 0.262 e. The summed E-state index contributed by atoms with van der Waals surface area (Å²) < 4.78 is 33.6. The first-order valence-electron chi connectivity index (χ1n) is 11.7. The van der Waals surface area contributed by atoms with E-state index in [1.807, 2.05) is 54.6 Å². The minimum atomic E-state index is -3.98. The Morgan fingerprint density at radius 3 is 2.26 bits per heavy atom. The number of carbonyl (C=O) groups excluding carboxylic acids is 1. The molecule has 1 amide bonds. The normalized spacial score (nSPS) is 19.0. The molecule has 7 nitrogen and oxygen atoms in total. The Hall–Kier alpha value is -3.20. The van der Waals surface area contributed by atoms with Crippen molar-refractivity contribution in [3.63, 3.8) is 0 Å². The maximum atomic E-state index is 13.6. The van der Waals surface area contributed by atoms with Crippen molar-refractivity contribution < 1.29 is 23.2 Å². The Bertz CT molecular complexity index is 1230. The van der Waals surface area contributed by atoms with E-state index in [-0.39, 0.29) is 17.4 Å². The van der Waals surface area contributed by atoms with Crippen LogP contribution >= 0.6 is 0 Å². The zero-order valence-corrected chi connectivity index (χ0v) is 20.4. The van der Waals surface area contributed by atoms with Crippen LogP contribution < -0.4 is 10.2 Å². The lowest BCUT2D eigenvalue weighted by atomic mass is 9.88. The molecule has 1 saturated heterocycles. The van der Waals surface area contributed by atoms with E-state index in [1.165, 1.54) is 23.5 Å². The van der Waals surface area contributed by atoms with Crippen LogP contribution in [0.3, 0.4) is 0 Å². The van der Waals surface area contributed by atoms with Gasteiger partial charge in [0.05, 0.1) is 12.0 Å². The van der Waals surface area contributed by atoms with Crippen LogP contribution in [-0.2, 0) is 21.2 Å². The molecule has 35 heavy (non-hydrogen) atoms. The van der Waals surface area contributed by atoms with Crippen LogP contribution in [-0.4, -0.2) is 43.5 Å². The Kier molecular flexibility index (Phi) is 7.85. The van der Waals surface area contributed by atoms with E-state index in [4.69, 9.17) is 4.74 Å². The molecule has 1 aliphatic rings. The molecule has 3 aromatic rings. The summed E-state index contributed by atoms with van der Waals surface area (Å²) in [6.45, 7) is 0.204. The fraction of sp³-hybridized carbons (Fsp3) is 0.296. The van der Waals surface area contributed by atoms with Crippen molar-refractivity contribution in [2.24, 2.45) is 5.92 Å². The van der Waals surface area contributed by atoms with E-state index in [0.29, 0.717) is 25.0 Å². The van der Waals surface area contributed by atoms with Crippen LogP contribution in [0.1, 0.15) is 24.8 Å². The van der Waals surface area contributed by atoms with E-state index in [1.54, 1.807) is 17.6 Å². The summed E-state index contributed by atoms with van der Waals surface area (Å²) >= 11 is 0. The van der Waals surface area contributed by atoms with Gasteiger partial charge in [0.1, 0.15) is 11.8 Å². The first kappa shape index (κ1) is 24.9. The minimum Gasteiger partial charge on any atom is -0.497 e. The molecule has 0 spiro atoms. The summed E-state index contributed by atoms with van der Waals surface area (Å²) in [5.41, 5.74) is 4.92. The van der Waals surface area contributed by atoms with Crippen molar-refractivity contribution >= 4 is 15.9 Å². The van der Waals surface area contributed by atoms with Crippen molar-refractivity contribution in [3.05, 3.63) is 84.4 Å². The number of hydrogen-bond acceptors (Lipinski definition) is 5. The molecule has 1 aliphatic heterocycles. The first-order chi connectivity index (χ1) is 16.9. The quantitative estimate of drug-likeness (QED) is 0.378. The lowest BCUT2D eigenvalue weighted by Crippen LogP contribution is -2.52. The molecule has 184 valence electrons. The van der Waals surface area contributed by atoms with E-state index in [9.17, 15) is 18.4 Å². The van der Waals surface area contributed by atoms with Gasteiger partial charge in [0.2, 0.25) is 10.0 Å². The standard InChI is InChI=1S/C27H30N2O5S/c1-34-24-14-16-25(17-15-24)35(32,33)29-18-6-5-9-23(26(29)27(30)28-31)19-20-10-12-22(13-11-20)21-7-3-2-4-8-21/h2-4,7-8,10-17,23,26,31H,5-6,9,18-19H2,1H3,(H,28,30)/t23-,26-/m0/s1. The number of carbonyl (C=O) groups is 1. The average Bonchev–Trinajstić information content (AvgIpc) is 3.12. The summed E-state index contributed by atoms with van der Waals surface area (Å²) in [5.74, 6) is -0.462. The van der Waals surface area contributed by atoms with Crippen LogP contribution in [0.5, 0.6) is 5.75 Å². The Morgan fingerprint density at radius 2 is 1.63 bits per heavy atom. The van der Waals surface area contributed by atoms with Crippen LogP contribution in [0.15, 0.2) is 83.8 Å². The number of rotatable bonds is 7. The highest BCUT2D eigenvalue weighted by Gasteiger charge is 2.42. The third-order valence-electron chi connectivity index (χ3n) is 6.56. The van der Waals surface area contributed by atoms with E-state index >= 15 is 0 Å². The zero-order chi connectivity index (χ0) is 24.8. The van der Waals surface area contributed by atoms with Gasteiger partial charge in [-0.25, -0.2) is 13.9 Å². The Morgan fingerprint density at radius 1 is 0.971 bits per heavy atom. The van der Waals surface area contributed by atoms with Crippen LogP contribution in [0.25, 0.3) is 11.1 Å². The predicted octanol–water partition coefficient (Wildman–Crippen LogP) is 4.27. The average molecular weight is 495 g/mol. The summed E-state index contributed by atoms with van der Waals surface area (Å²) in [5, 5.41) is 9.51. The van der Waals surface area contributed by atoms with Crippen LogP contribution in [0, 0.1) is 5.92 Å². The van der Waals surface area contributed by atoms with Crippen molar-refractivity contribution in [1.29, 1.82) is 0 Å². The highest BCUT2D eigenvalue weighted by atomic mass is 32.2. The van der Waals surface area contributed by atoms with Gasteiger partial charge < -0.3 is 4.74 Å². The van der Waals surface area contributed by atoms with Gasteiger partial charge in [-0.2, -0.15) is 4.31 Å². The number of nitrogens with one attached hydrogen (secondary N) is 1. The highest BCUT2D eigenvalue weighted by Crippen LogP contribution is 2.32. The number of hydrogen-bond donors (Lipinski definition) is 2. The molecule has 1 heterocycles. The molecule has 0 bridgehead atoms. The molecule has 0 unspecified atom stereocenters. The molecule has 2 N–H and O–H groups in total. The molecule has 0 saturated carbocycles. The van der Waals surface area contributed by atoms with Gasteiger partial charge in [-0.3, -0.25) is 10.0 Å². The minimum absolute atomic E-state index is 0.0851. The van der Waals surface area contributed by atoms with Crippen LogP contribution in [0.4, 0.5) is 0 Å². The molecule has 1 fully saturated rings. The highest BCUT2D eigenvalue weighted by molar-refractivity contribution is 7.89. The molecule has 2 atom stereocenters. The Labute approximate surface area is 206 Å². The van der Waals surface area contributed by atoms with Crippen molar-refractivity contribution in [2.75, 3.05) is 13.7 Å². The number of sulfonamides is 1. The SMILES string of the molecule is COc1ccc(S(=O)(=O)N2CCCC[C@@H](Cc3ccc(-c4ccccc4)cc3)[C@H]2C(=O)NO)cc1. The third kappa shape index (κ3) is 5.56. The summed E-state index contributed by atoms with van der Waals surface area (Å²) in [4.78, 5) is 12.9. The van der Waals surface area contributed by atoms with Crippen molar-refractivity contribution in [3.8, 4) is 16.9 Å². The van der Waals surface area contributed by atoms with E-state index in [0.717, 1.165) is 23.1 Å². The van der Waals surface area contributed by atoms with Gasteiger partial charge in [-0.05, 0) is 66.1 Å². The second kappa shape index (κ2) is 11.0. The number of methoxy groups -OCH3 is 1. The lowest BCUT2D eigenvalue weighted by Gasteiger charge is -2.32. The maximum absolute atomic E-state index is 13.6. The van der Waals surface area contributed by atoms with Gasteiger partial charge in [0.15, 0.2) is 0 Å². The van der Waals surface area contributed by atoms with Crippen molar-refractivity contribution in [2.45, 2.75) is 36.6 Å². The second-order valence-corrected chi connectivity index (χ2v) is 10.6. The van der Waals surface area contributed by atoms with Gasteiger partial charge in [0.25, 0.3) is 5.91 Å². The van der Waals surface area contributed by atoms with Crippen molar-refractivity contribution in [1.82, 2.24) is 9.79 Å². The number of ether oxygens (including phenoxy) is 1. The molecular weight excluding hydrogens is 464 g/mol. The molecule has 0 radical (unpaired) electrons. The number of nitrogens with zero attached hydrogens (tertiary/aromatic N) is 1. The molecule has 3 aromatic carbocycles. The van der Waals surface area contributed by atoms with Crippen LogP contribution in [0.2, 0.25) is 0 Å². The van der Waals surface area contributed by atoms with Gasteiger partial charge >= 0.3 is 0 Å². The third-order valence-corrected chi connectivity index (χ3v) is 8.46. The molecule has 8 heteroatoms. The van der Waals surface area contributed by atoms with Gasteiger partial charge in [-0.1, -0.05) is 61.0 Å². The zero-order valence-electron chi connectivity index (χ0n) is 19.6. The fourth-order valence-corrected chi connectivity index (χ4v) is 6.44. The largest absolute Gasteiger partial charge is 0.497 e. The Balaban J connectivity index is 1.62. The summed E-state index contributed by atoms with van der Waals surface area (Å²) in [6, 6.07) is 23.2. The number of benzene rings is 3. The summed E-state index contributed by atoms with van der Waals surface area (Å²) in [7, 11) is -2.47. The summed E-state index contributed by atoms with van der Waals surface area (Å²) in [6.07, 6.45) is 2.61. The second-order valence-electron chi connectivity index (χ2n) is 8.74. The van der Waals surface area contributed by atoms with Gasteiger partial charge in [0, 0.05) is 6.54 Å². The fourth-order valence-electron chi connectivity index (χ4n) is 4.75. The van der Waals surface area contributed by atoms with E-state index < -0.39 is 22.0 Å². The molecule has 0 aliphatic carbocycles. The monoisotopic (exact) mass is 494 g/mol. The molecular formula is C27H30N2O5S. The number of amides is 1. The smallest absolute Gasteiger partial charge is 0.262 e. The topological polar surface area (TPSA) is 95.9 Å². The van der Waals surface area contributed by atoms with E-state index in [2.05, 4.69) is 0 Å². The number of hydroxylamine groups is 1. The molecule has 0 aromatic heterocycles. The lowest BCUT2D eigenvalue weighted by molar-refractivity contribution is -0.134. The first-order valence-corrected chi connectivity index (χ1v) is 13.1. The van der Waals surface area contributed by atoms with Gasteiger partial charge in [-0.15, -0.1) is 0 Å². The predicted molar refractivity (Wildman–Crippen MR) is 134 cm³/mol. The molecule has 4 rings (SSSR count).